The van der Waals surface area contributed by atoms with Gasteiger partial charge in [-0.2, -0.15) is 0 Å². The van der Waals surface area contributed by atoms with Crippen molar-refractivity contribution in [2.24, 2.45) is 5.92 Å². The smallest absolute Gasteiger partial charge is 0.0173 e. The lowest BCUT2D eigenvalue weighted by Crippen LogP contribution is -2.34. The summed E-state index contributed by atoms with van der Waals surface area (Å²) in [6.07, 6.45) is 4.97. The van der Waals surface area contributed by atoms with Gasteiger partial charge < -0.3 is 0 Å². The van der Waals surface area contributed by atoms with Crippen molar-refractivity contribution in [3.63, 3.8) is 0 Å². The van der Waals surface area contributed by atoms with Gasteiger partial charge in [0.2, 0.25) is 0 Å². The molecule has 0 aromatic carbocycles. The first kappa shape index (κ1) is 13.8. The maximum Gasteiger partial charge on any atom is 0.0173 e. The molecule has 1 fully saturated rings. The van der Waals surface area contributed by atoms with Crippen LogP contribution in [0.1, 0.15) is 32.6 Å². The molecular weight excluding hydrogens is 216 g/mol. The molecule has 16 heavy (non-hydrogen) atoms. The van der Waals surface area contributed by atoms with Crippen LogP contribution in [0.15, 0.2) is 12.2 Å². The predicted molar refractivity (Wildman–Crippen MR) is 79.2 cm³/mol. The molecule has 0 aliphatic heterocycles. The molecular formula is C13H26N2S. The van der Waals surface area contributed by atoms with E-state index in [9.17, 15) is 0 Å². The molecule has 0 unspecified atom stereocenters. The third kappa shape index (κ3) is 3.65. The van der Waals surface area contributed by atoms with E-state index >= 15 is 0 Å². The van der Waals surface area contributed by atoms with Crippen molar-refractivity contribution in [1.82, 2.24) is 9.03 Å². The summed E-state index contributed by atoms with van der Waals surface area (Å²) in [5, 5.41) is 0. The minimum atomic E-state index is -1.27. The van der Waals surface area contributed by atoms with Crippen molar-refractivity contribution in [3.8, 4) is 0 Å². The van der Waals surface area contributed by atoms with Crippen LogP contribution in [0.3, 0.4) is 0 Å². The number of allylic oxidation sites excluding steroid dienone is 1. The third-order valence-electron chi connectivity index (χ3n) is 3.51. The van der Waals surface area contributed by atoms with E-state index < -0.39 is 9.58 Å². The molecule has 1 rings (SSSR count). The first-order valence-corrected chi connectivity index (χ1v) is 7.85. The van der Waals surface area contributed by atoms with Crippen LogP contribution in [0.5, 0.6) is 0 Å². The maximum absolute atomic E-state index is 4.19. The van der Waals surface area contributed by atoms with Crippen molar-refractivity contribution >= 4 is 21.3 Å². The second kappa shape index (κ2) is 5.39. The fourth-order valence-corrected chi connectivity index (χ4v) is 3.19. The van der Waals surface area contributed by atoms with Crippen molar-refractivity contribution < 1.29 is 0 Å². The molecule has 0 heterocycles. The summed E-state index contributed by atoms with van der Waals surface area (Å²) in [5.74, 6) is 9.11. The van der Waals surface area contributed by atoms with E-state index in [4.69, 9.17) is 0 Å². The molecule has 1 N–H and O–H groups in total. The highest BCUT2D eigenvalue weighted by Crippen LogP contribution is 2.31. The summed E-state index contributed by atoms with van der Waals surface area (Å²) in [6.45, 7) is 6.21. The van der Waals surface area contributed by atoms with E-state index in [1.54, 1.807) is 0 Å². The molecule has 3 heteroatoms. The van der Waals surface area contributed by atoms with Crippen LogP contribution < -0.4 is 4.72 Å². The highest BCUT2D eigenvalue weighted by molar-refractivity contribution is 8.24. The van der Waals surface area contributed by atoms with Crippen molar-refractivity contribution in [2.45, 2.75) is 38.6 Å². The van der Waals surface area contributed by atoms with Gasteiger partial charge in [0.15, 0.2) is 0 Å². The number of rotatable bonds is 4. The van der Waals surface area contributed by atoms with Crippen LogP contribution in [0.2, 0.25) is 0 Å². The lowest BCUT2D eigenvalue weighted by Gasteiger charge is -2.34. The highest BCUT2D eigenvalue weighted by Gasteiger charge is 2.22. The van der Waals surface area contributed by atoms with E-state index in [1.165, 1.54) is 31.3 Å². The Balaban J connectivity index is 2.47. The number of nitrogens with zero attached hydrogens (tertiary/aromatic N) is 1. The Kier molecular flexibility index (Phi) is 4.65. The van der Waals surface area contributed by atoms with Crippen LogP contribution in [-0.2, 0) is 0 Å². The molecule has 0 bridgehead atoms. The van der Waals surface area contributed by atoms with Gasteiger partial charge in [-0.05, 0) is 52.6 Å². The molecule has 0 atom stereocenters. The lowest BCUT2D eigenvalue weighted by molar-refractivity contribution is 0.349. The van der Waals surface area contributed by atoms with E-state index in [2.05, 4.69) is 34.3 Å². The standard InChI is InChI=1S/C13H26N2S/c1-11(2)12-7-9-13(10-8-12)14-16(5,6)15(3)4/h12-14H,1,5-10H2,2-4H3. The summed E-state index contributed by atoms with van der Waals surface area (Å²) in [5.41, 5.74) is 1.34. The summed E-state index contributed by atoms with van der Waals surface area (Å²) in [4.78, 5) is 0. The van der Waals surface area contributed by atoms with Crippen LogP contribution in [0, 0.1) is 5.92 Å². The first-order valence-electron chi connectivity index (χ1n) is 5.92. The zero-order chi connectivity index (χ0) is 12.3. The van der Waals surface area contributed by atoms with Gasteiger partial charge in [-0.25, -0.2) is 0 Å². The molecule has 0 saturated heterocycles. The van der Waals surface area contributed by atoms with Crippen LogP contribution in [0.4, 0.5) is 0 Å². The van der Waals surface area contributed by atoms with Gasteiger partial charge in [0.1, 0.15) is 0 Å². The molecule has 0 aromatic heterocycles. The Morgan fingerprint density at radius 1 is 1.19 bits per heavy atom. The average Bonchev–Trinajstić information content (AvgIpc) is 2.17. The summed E-state index contributed by atoms with van der Waals surface area (Å²) >= 11 is 0. The van der Waals surface area contributed by atoms with Crippen molar-refractivity contribution in [1.29, 1.82) is 0 Å². The van der Waals surface area contributed by atoms with Gasteiger partial charge in [0.25, 0.3) is 0 Å². The Labute approximate surface area is 101 Å². The zero-order valence-electron chi connectivity index (χ0n) is 11.0. The molecule has 0 amide bonds. The predicted octanol–water partition coefficient (Wildman–Crippen LogP) is 2.77. The van der Waals surface area contributed by atoms with E-state index in [-0.39, 0.29) is 0 Å². The summed E-state index contributed by atoms with van der Waals surface area (Å²) in [6, 6.07) is 0.586. The lowest BCUT2D eigenvalue weighted by atomic mass is 9.83. The molecule has 2 nitrogen and oxygen atoms in total. The van der Waals surface area contributed by atoms with Crippen molar-refractivity contribution in [2.75, 3.05) is 14.1 Å². The van der Waals surface area contributed by atoms with Crippen molar-refractivity contribution in [3.05, 3.63) is 12.2 Å². The van der Waals surface area contributed by atoms with Gasteiger partial charge in [-0.1, -0.05) is 23.9 Å². The second-order valence-electron chi connectivity index (χ2n) is 5.17. The largest absolute Gasteiger partial charge is 0.261 e. The molecule has 1 aliphatic carbocycles. The van der Waals surface area contributed by atoms with Crippen LogP contribution in [-0.4, -0.2) is 36.2 Å². The highest BCUT2D eigenvalue weighted by atomic mass is 32.2. The molecule has 0 radical (unpaired) electrons. The number of nitrogens with one attached hydrogen (secondary N) is 1. The van der Waals surface area contributed by atoms with Gasteiger partial charge >= 0.3 is 0 Å². The monoisotopic (exact) mass is 242 g/mol. The number of hydrogen-bond donors (Lipinski definition) is 1. The number of hydrogen-bond acceptors (Lipinski definition) is 2. The topological polar surface area (TPSA) is 15.3 Å². The van der Waals surface area contributed by atoms with Gasteiger partial charge in [-0.15, -0.1) is 9.58 Å². The quantitative estimate of drug-likeness (QED) is 0.602. The summed E-state index contributed by atoms with van der Waals surface area (Å²) < 4.78 is 5.72. The van der Waals surface area contributed by atoms with E-state index in [1.807, 2.05) is 14.1 Å². The Hall–Kier alpha value is -0.250. The first-order chi connectivity index (χ1) is 7.33. The summed E-state index contributed by atoms with van der Waals surface area (Å²) in [7, 11) is 2.81. The van der Waals surface area contributed by atoms with Gasteiger partial charge in [0.05, 0.1) is 0 Å². The molecule has 0 aromatic rings. The fraction of sp³-hybridized carbons (Fsp3) is 0.692. The molecule has 1 saturated carbocycles. The SMILES string of the molecule is C=C(C)C1CCC(NS(=C)(=C)N(C)C)CC1. The molecule has 1 aliphatic rings. The van der Waals surface area contributed by atoms with Crippen LogP contribution in [0.25, 0.3) is 0 Å². The minimum Gasteiger partial charge on any atom is -0.261 e. The third-order valence-corrected chi connectivity index (χ3v) is 5.68. The van der Waals surface area contributed by atoms with E-state index in [0.29, 0.717) is 6.04 Å². The molecule has 0 spiro atoms. The maximum atomic E-state index is 4.19. The van der Waals surface area contributed by atoms with Gasteiger partial charge in [-0.3, -0.25) is 9.03 Å². The molecule has 94 valence electrons. The fourth-order valence-electron chi connectivity index (χ4n) is 2.12. The Morgan fingerprint density at radius 3 is 2.06 bits per heavy atom. The second-order valence-corrected chi connectivity index (χ2v) is 7.82. The Morgan fingerprint density at radius 2 is 1.69 bits per heavy atom. The average molecular weight is 242 g/mol. The minimum absolute atomic E-state index is 0.586. The zero-order valence-corrected chi connectivity index (χ0v) is 11.8. The normalized spacial score (nSPS) is 27.0. The Bertz CT molecular complexity index is 333. The van der Waals surface area contributed by atoms with E-state index in [0.717, 1.165) is 5.92 Å². The van der Waals surface area contributed by atoms with Crippen LogP contribution >= 0.6 is 9.58 Å². The van der Waals surface area contributed by atoms with Gasteiger partial charge in [0, 0.05) is 6.04 Å².